The smallest absolute Gasteiger partial charge is 0.0659 e. The minimum Gasteiger partial charge on any atom is -0.278 e. The number of hydrogen-bond donors (Lipinski definition) is 1. The zero-order valence-corrected chi connectivity index (χ0v) is 5.68. The van der Waals surface area contributed by atoms with E-state index in [1.165, 1.54) is 10.9 Å². The Balaban J connectivity index is 2.95. The summed E-state index contributed by atoms with van der Waals surface area (Å²) in [4.78, 5) is 0. The average molecular weight is 131 g/mol. The summed E-state index contributed by atoms with van der Waals surface area (Å²) in [6, 6.07) is 6.87. The summed E-state index contributed by atoms with van der Waals surface area (Å²) in [6.45, 7) is 2.05. The third-order valence-electron chi connectivity index (χ3n) is 1.62. The van der Waals surface area contributed by atoms with Gasteiger partial charge in [-0.1, -0.05) is 6.07 Å². The molecule has 0 aliphatic heterocycles. The standard InChI is InChI=1S/C8H7N2/c1-6-3-2-4-8-7(6)5-9-10-8/h3-5H,1H3,(H,9,10). The molecule has 0 atom stereocenters. The highest BCUT2D eigenvalue weighted by Crippen LogP contribution is 2.13. The second kappa shape index (κ2) is 1.84. The molecule has 2 rings (SSSR count). The summed E-state index contributed by atoms with van der Waals surface area (Å²) in [5.74, 6) is 0. The Labute approximate surface area is 58.9 Å². The average Bonchev–Trinajstić information content (AvgIpc) is 2.36. The van der Waals surface area contributed by atoms with Crippen molar-refractivity contribution in [2.24, 2.45) is 0 Å². The van der Waals surface area contributed by atoms with Gasteiger partial charge in [-0.3, -0.25) is 5.10 Å². The first kappa shape index (κ1) is 5.47. The van der Waals surface area contributed by atoms with Crippen LogP contribution in [0.25, 0.3) is 10.9 Å². The summed E-state index contributed by atoms with van der Waals surface area (Å²) < 4.78 is 0. The van der Waals surface area contributed by atoms with Gasteiger partial charge in [0.2, 0.25) is 0 Å². The first-order valence-corrected chi connectivity index (χ1v) is 3.18. The molecule has 49 valence electrons. The van der Waals surface area contributed by atoms with Crippen LogP contribution in [0.3, 0.4) is 0 Å². The lowest BCUT2D eigenvalue weighted by Gasteiger charge is -1.90. The molecule has 0 saturated carbocycles. The molecule has 1 radical (unpaired) electrons. The number of aromatic amines is 1. The highest BCUT2D eigenvalue weighted by Gasteiger charge is 1.95. The Hall–Kier alpha value is -1.31. The molecule has 2 nitrogen and oxygen atoms in total. The van der Waals surface area contributed by atoms with Crippen molar-refractivity contribution in [1.82, 2.24) is 10.2 Å². The topological polar surface area (TPSA) is 28.7 Å². The van der Waals surface area contributed by atoms with E-state index in [0.717, 1.165) is 5.52 Å². The van der Waals surface area contributed by atoms with Crippen LogP contribution in [0.4, 0.5) is 0 Å². The van der Waals surface area contributed by atoms with Gasteiger partial charge in [-0.25, -0.2) is 0 Å². The van der Waals surface area contributed by atoms with Crippen molar-refractivity contribution in [2.45, 2.75) is 6.92 Å². The Kier molecular flexibility index (Phi) is 1.01. The van der Waals surface area contributed by atoms with E-state index in [-0.39, 0.29) is 0 Å². The zero-order chi connectivity index (χ0) is 6.97. The number of benzene rings is 1. The maximum absolute atomic E-state index is 3.92. The largest absolute Gasteiger partial charge is 0.278 e. The molecule has 0 aliphatic rings. The molecule has 0 spiro atoms. The molecular formula is C8H7N2. The molecule has 0 unspecified atom stereocenters. The van der Waals surface area contributed by atoms with Crippen molar-refractivity contribution in [1.29, 1.82) is 0 Å². The molecule has 1 aromatic heterocycles. The molecule has 0 fully saturated rings. The maximum Gasteiger partial charge on any atom is 0.0659 e. The molecule has 1 N–H and O–H groups in total. The number of nitrogens with zero attached hydrogens (tertiary/aromatic N) is 1. The molecule has 1 aromatic carbocycles. The second-order valence-electron chi connectivity index (χ2n) is 2.34. The minimum absolute atomic E-state index is 1.06. The number of nitrogens with one attached hydrogen (secondary N) is 1. The number of fused-ring (bicyclic) bond motifs is 1. The fraction of sp³-hybridized carbons (Fsp3) is 0.125. The molecule has 1 heterocycles. The van der Waals surface area contributed by atoms with Gasteiger partial charge in [0.15, 0.2) is 0 Å². The number of aryl methyl sites for hydroxylation is 1. The summed E-state index contributed by atoms with van der Waals surface area (Å²) in [6.07, 6.45) is 1.83. The van der Waals surface area contributed by atoms with E-state index < -0.39 is 0 Å². The fourth-order valence-corrected chi connectivity index (χ4v) is 1.05. The van der Waals surface area contributed by atoms with Gasteiger partial charge in [-0.15, -0.1) is 0 Å². The molecule has 10 heavy (non-hydrogen) atoms. The van der Waals surface area contributed by atoms with Gasteiger partial charge in [-0.2, -0.15) is 5.10 Å². The Morgan fingerprint density at radius 1 is 1.50 bits per heavy atom. The van der Waals surface area contributed by atoms with Gasteiger partial charge in [0.1, 0.15) is 0 Å². The van der Waals surface area contributed by atoms with E-state index in [1.54, 1.807) is 0 Å². The third kappa shape index (κ3) is 0.620. The lowest BCUT2D eigenvalue weighted by Crippen LogP contribution is -1.71. The molecule has 2 heteroatoms. The molecular weight excluding hydrogens is 124 g/mol. The highest BCUT2D eigenvalue weighted by molar-refractivity contribution is 5.80. The SMILES string of the molecule is Cc1c[c]cc2[nH]ncc12. The van der Waals surface area contributed by atoms with Gasteiger partial charge in [0, 0.05) is 5.39 Å². The Morgan fingerprint density at radius 3 is 3.20 bits per heavy atom. The van der Waals surface area contributed by atoms with Crippen molar-refractivity contribution in [3.63, 3.8) is 0 Å². The number of rotatable bonds is 0. The summed E-state index contributed by atoms with van der Waals surface area (Å²) in [5.41, 5.74) is 2.27. The first-order valence-electron chi connectivity index (χ1n) is 3.18. The first-order chi connectivity index (χ1) is 4.88. The van der Waals surface area contributed by atoms with Crippen molar-refractivity contribution >= 4 is 10.9 Å². The zero-order valence-electron chi connectivity index (χ0n) is 5.68. The third-order valence-corrected chi connectivity index (χ3v) is 1.62. The summed E-state index contributed by atoms with van der Waals surface area (Å²) in [5, 5.41) is 7.98. The van der Waals surface area contributed by atoms with E-state index in [4.69, 9.17) is 0 Å². The lowest BCUT2D eigenvalue weighted by atomic mass is 10.2. The van der Waals surface area contributed by atoms with E-state index in [1.807, 2.05) is 25.3 Å². The Bertz CT molecular complexity index is 349. The van der Waals surface area contributed by atoms with Crippen LogP contribution in [-0.2, 0) is 0 Å². The molecule has 0 bridgehead atoms. The summed E-state index contributed by atoms with van der Waals surface area (Å²) in [7, 11) is 0. The van der Waals surface area contributed by atoms with E-state index in [0.29, 0.717) is 0 Å². The maximum atomic E-state index is 3.92. The van der Waals surface area contributed by atoms with Gasteiger partial charge in [-0.05, 0) is 24.6 Å². The van der Waals surface area contributed by atoms with Gasteiger partial charge in [0.05, 0.1) is 11.7 Å². The number of aromatic nitrogens is 2. The molecule has 2 aromatic rings. The lowest BCUT2D eigenvalue weighted by molar-refractivity contribution is 1.12. The van der Waals surface area contributed by atoms with E-state index in [9.17, 15) is 0 Å². The highest BCUT2D eigenvalue weighted by atomic mass is 15.1. The van der Waals surface area contributed by atoms with E-state index >= 15 is 0 Å². The van der Waals surface area contributed by atoms with Gasteiger partial charge < -0.3 is 0 Å². The molecule has 0 amide bonds. The van der Waals surface area contributed by atoms with Crippen LogP contribution in [0.1, 0.15) is 5.56 Å². The predicted molar refractivity (Wildman–Crippen MR) is 39.7 cm³/mol. The van der Waals surface area contributed by atoms with Crippen molar-refractivity contribution in [3.05, 3.63) is 30.0 Å². The predicted octanol–water partition coefficient (Wildman–Crippen LogP) is 1.67. The minimum atomic E-state index is 1.06. The normalized spacial score (nSPS) is 10.5. The second-order valence-corrected chi connectivity index (χ2v) is 2.34. The monoisotopic (exact) mass is 131 g/mol. The van der Waals surface area contributed by atoms with Crippen LogP contribution in [0.15, 0.2) is 18.3 Å². The van der Waals surface area contributed by atoms with Gasteiger partial charge >= 0.3 is 0 Å². The van der Waals surface area contributed by atoms with Crippen molar-refractivity contribution in [3.8, 4) is 0 Å². The molecule has 0 saturated heterocycles. The van der Waals surface area contributed by atoms with Crippen molar-refractivity contribution in [2.75, 3.05) is 0 Å². The van der Waals surface area contributed by atoms with E-state index in [2.05, 4.69) is 16.3 Å². The van der Waals surface area contributed by atoms with Crippen LogP contribution in [0.5, 0.6) is 0 Å². The van der Waals surface area contributed by atoms with Crippen LogP contribution < -0.4 is 0 Å². The Morgan fingerprint density at radius 2 is 2.40 bits per heavy atom. The van der Waals surface area contributed by atoms with Crippen LogP contribution in [0.2, 0.25) is 0 Å². The number of H-pyrrole nitrogens is 1. The molecule has 0 aliphatic carbocycles. The summed E-state index contributed by atoms with van der Waals surface area (Å²) >= 11 is 0. The fourth-order valence-electron chi connectivity index (χ4n) is 1.05. The van der Waals surface area contributed by atoms with Crippen LogP contribution in [-0.4, -0.2) is 10.2 Å². The van der Waals surface area contributed by atoms with Crippen molar-refractivity contribution < 1.29 is 0 Å². The van der Waals surface area contributed by atoms with Crippen LogP contribution >= 0.6 is 0 Å². The number of hydrogen-bond acceptors (Lipinski definition) is 1. The van der Waals surface area contributed by atoms with Gasteiger partial charge in [0.25, 0.3) is 0 Å². The van der Waals surface area contributed by atoms with Crippen LogP contribution in [0, 0.1) is 13.0 Å². The quantitative estimate of drug-likeness (QED) is 0.578.